The van der Waals surface area contributed by atoms with Crippen molar-refractivity contribution >= 4 is 29.2 Å². The molecule has 1 heterocycles. The predicted octanol–water partition coefficient (Wildman–Crippen LogP) is 2.75. The second-order valence-electron chi connectivity index (χ2n) is 6.60. The lowest BCUT2D eigenvalue weighted by Gasteiger charge is -2.17. The van der Waals surface area contributed by atoms with E-state index in [1.165, 1.54) is 17.0 Å². The molecule has 0 spiro atoms. The smallest absolute Gasteiger partial charge is 0.307 e. The fraction of sp³-hybridized carbons (Fsp3) is 0.250. The van der Waals surface area contributed by atoms with Gasteiger partial charge in [0.05, 0.1) is 12.3 Å². The van der Waals surface area contributed by atoms with Gasteiger partial charge in [-0.1, -0.05) is 12.1 Å². The second-order valence-corrected chi connectivity index (χ2v) is 6.60. The van der Waals surface area contributed by atoms with Gasteiger partial charge >= 0.3 is 5.97 Å². The summed E-state index contributed by atoms with van der Waals surface area (Å²) in [7, 11) is 0. The summed E-state index contributed by atoms with van der Waals surface area (Å²) in [5.41, 5.74) is 2.19. The Labute approximate surface area is 155 Å². The maximum Gasteiger partial charge on any atom is 0.307 e. The number of halogens is 1. The van der Waals surface area contributed by atoms with Gasteiger partial charge in [-0.15, -0.1) is 0 Å². The maximum atomic E-state index is 13.4. The van der Waals surface area contributed by atoms with Gasteiger partial charge in [0.1, 0.15) is 5.82 Å². The molecule has 3 rings (SSSR count). The van der Waals surface area contributed by atoms with E-state index in [0.717, 1.165) is 0 Å². The van der Waals surface area contributed by atoms with Crippen molar-refractivity contribution in [1.82, 2.24) is 0 Å². The molecule has 2 aromatic rings. The van der Waals surface area contributed by atoms with Crippen LogP contribution in [-0.2, 0) is 20.8 Å². The predicted molar refractivity (Wildman–Crippen MR) is 98.0 cm³/mol. The first-order chi connectivity index (χ1) is 12.8. The molecule has 0 aromatic heterocycles. The number of hydrogen-bond donors (Lipinski definition) is 2. The average molecular weight is 370 g/mol. The first kappa shape index (κ1) is 18.6. The van der Waals surface area contributed by atoms with E-state index in [1.54, 1.807) is 37.3 Å². The number of amides is 2. The van der Waals surface area contributed by atoms with Gasteiger partial charge < -0.3 is 15.3 Å². The van der Waals surface area contributed by atoms with E-state index in [9.17, 15) is 18.8 Å². The minimum atomic E-state index is -0.924. The number of rotatable bonds is 5. The standard InChI is InChI=1S/C20H19FN2O4/c1-12-8-16(6-7-17(12)21)23-11-14(10-18(23)24)20(27)22-15-4-2-13(3-5-15)9-19(25)26/h2-8,14H,9-11H2,1H3,(H,22,27)(H,25,26). The topological polar surface area (TPSA) is 86.7 Å². The zero-order valence-electron chi connectivity index (χ0n) is 14.7. The number of benzene rings is 2. The van der Waals surface area contributed by atoms with Gasteiger partial charge in [0.25, 0.3) is 0 Å². The van der Waals surface area contributed by atoms with Crippen molar-refractivity contribution in [2.75, 3.05) is 16.8 Å². The van der Waals surface area contributed by atoms with E-state index in [4.69, 9.17) is 5.11 Å². The van der Waals surface area contributed by atoms with E-state index < -0.39 is 11.9 Å². The Morgan fingerprint density at radius 2 is 1.93 bits per heavy atom. The minimum absolute atomic E-state index is 0.0827. The zero-order valence-corrected chi connectivity index (χ0v) is 14.7. The third kappa shape index (κ3) is 4.31. The molecule has 1 atom stereocenters. The third-order valence-corrected chi connectivity index (χ3v) is 4.53. The second kappa shape index (κ2) is 7.57. The van der Waals surface area contributed by atoms with Gasteiger partial charge in [0.2, 0.25) is 11.8 Å². The van der Waals surface area contributed by atoms with Crippen LogP contribution in [0.1, 0.15) is 17.5 Å². The Morgan fingerprint density at radius 3 is 2.56 bits per heavy atom. The lowest BCUT2D eigenvalue weighted by molar-refractivity contribution is -0.136. The van der Waals surface area contributed by atoms with Gasteiger partial charge in [0.15, 0.2) is 0 Å². The number of nitrogens with zero attached hydrogens (tertiary/aromatic N) is 1. The highest BCUT2D eigenvalue weighted by atomic mass is 19.1. The lowest BCUT2D eigenvalue weighted by atomic mass is 10.1. The first-order valence-electron chi connectivity index (χ1n) is 8.51. The number of anilines is 2. The number of nitrogens with one attached hydrogen (secondary N) is 1. The molecular formula is C20H19FN2O4. The molecule has 1 aliphatic heterocycles. The summed E-state index contributed by atoms with van der Waals surface area (Å²) in [4.78, 5) is 36.9. The monoisotopic (exact) mass is 370 g/mol. The van der Waals surface area contributed by atoms with E-state index in [0.29, 0.717) is 22.5 Å². The van der Waals surface area contributed by atoms with Crippen molar-refractivity contribution in [3.05, 3.63) is 59.4 Å². The Morgan fingerprint density at radius 1 is 1.22 bits per heavy atom. The van der Waals surface area contributed by atoms with Crippen molar-refractivity contribution in [1.29, 1.82) is 0 Å². The molecule has 1 aliphatic rings. The van der Waals surface area contributed by atoms with Crippen LogP contribution in [-0.4, -0.2) is 29.4 Å². The summed E-state index contributed by atoms with van der Waals surface area (Å²) in [5, 5.41) is 11.5. The summed E-state index contributed by atoms with van der Waals surface area (Å²) in [5.74, 6) is -2.24. The van der Waals surface area contributed by atoms with Crippen molar-refractivity contribution in [3.8, 4) is 0 Å². The fourth-order valence-corrected chi connectivity index (χ4v) is 3.05. The summed E-state index contributed by atoms with van der Waals surface area (Å²) < 4.78 is 13.4. The van der Waals surface area contributed by atoms with Crippen molar-refractivity contribution in [3.63, 3.8) is 0 Å². The third-order valence-electron chi connectivity index (χ3n) is 4.53. The molecule has 1 unspecified atom stereocenters. The molecule has 0 bridgehead atoms. The highest BCUT2D eigenvalue weighted by Crippen LogP contribution is 2.27. The van der Waals surface area contributed by atoms with Crippen molar-refractivity contribution < 1.29 is 23.9 Å². The molecule has 6 nitrogen and oxygen atoms in total. The molecule has 0 aliphatic carbocycles. The van der Waals surface area contributed by atoms with Gasteiger partial charge in [-0.2, -0.15) is 0 Å². The number of aliphatic carboxylic acids is 1. The lowest BCUT2D eigenvalue weighted by Crippen LogP contribution is -2.28. The van der Waals surface area contributed by atoms with Crippen LogP contribution in [0.15, 0.2) is 42.5 Å². The molecule has 27 heavy (non-hydrogen) atoms. The minimum Gasteiger partial charge on any atom is -0.481 e. The number of hydrogen-bond acceptors (Lipinski definition) is 3. The van der Waals surface area contributed by atoms with Crippen LogP contribution in [0.5, 0.6) is 0 Å². The van der Waals surface area contributed by atoms with Crippen molar-refractivity contribution in [2.24, 2.45) is 5.92 Å². The number of carbonyl (C=O) groups is 3. The highest BCUT2D eigenvalue weighted by Gasteiger charge is 2.35. The highest BCUT2D eigenvalue weighted by molar-refractivity contribution is 6.03. The van der Waals surface area contributed by atoms with Crippen LogP contribution in [0, 0.1) is 18.7 Å². The van der Waals surface area contributed by atoms with Crippen molar-refractivity contribution in [2.45, 2.75) is 19.8 Å². The van der Waals surface area contributed by atoms with Gasteiger partial charge in [-0.05, 0) is 48.4 Å². The Kier molecular flexibility index (Phi) is 5.21. The number of carboxylic acid groups (broad SMARTS) is 1. The molecule has 140 valence electrons. The quantitative estimate of drug-likeness (QED) is 0.847. The maximum absolute atomic E-state index is 13.4. The molecule has 0 radical (unpaired) electrons. The molecule has 1 fully saturated rings. The van der Waals surface area contributed by atoms with Crippen LogP contribution in [0.3, 0.4) is 0 Å². The molecule has 1 saturated heterocycles. The summed E-state index contributed by atoms with van der Waals surface area (Å²) in [6.07, 6.45) is -0.00322. The van der Waals surface area contributed by atoms with Crippen LogP contribution >= 0.6 is 0 Å². The van der Waals surface area contributed by atoms with Crippen LogP contribution in [0.4, 0.5) is 15.8 Å². The average Bonchev–Trinajstić information content (AvgIpc) is 3.00. The normalized spacial score (nSPS) is 16.4. The van der Waals surface area contributed by atoms with E-state index >= 15 is 0 Å². The van der Waals surface area contributed by atoms with Crippen LogP contribution in [0.2, 0.25) is 0 Å². The summed E-state index contributed by atoms with van der Waals surface area (Å²) in [6, 6.07) is 11.0. The Bertz CT molecular complexity index is 895. The first-order valence-corrected chi connectivity index (χ1v) is 8.51. The van der Waals surface area contributed by atoms with E-state index in [1.807, 2.05) is 0 Å². The zero-order chi connectivity index (χ0) is 19.6. The molecular weight excluding hydrogens is 351 g/mol. The summed E-state index contributed by atoms with van der Waals surface area (Å²) in [6.45, 7) is 1.85. The molecule has 7 heteroatoms. The molecule has 2 aromatic carbocycles. The largest absolute Gasteiger partial charge is 0.481 e. The van der Waals surface area contributed by atoms with Crippen LogP contribution in [0.25, 0.3) is 0 Å². The fourth-order valence-electron chi connectivity index (χ4n) is 3.05. The van der Waals surface area contributed by atoms with Crippen LogP contribution < -0.4 is 10.2 Å². The van der Waals surface area contributed by atoms with E-state index in [2.05, 4.69) is 5.32 Å². The van der Waals surface area contributed by atoms with Gasteiger partial charge in [-0.3, -0.25) is 14.4 Å². The SMILES string of the molecule is Cc1cc(N2CC(C(=O)Nc3ccc(CC(=O)O)cc3)CC2=O)ccc1F. The Hall–Kier alpha value is -3.22. The number of carboxylic acids is 1. The Balaban J connectivity index is 1.65. The molecule has 0 saturated carbocycles. The van der Waals surface area contributed by atoms with Gasteiger partial charge in [-0.25, -0.2) is 4.39 Å². The van der Waals surface area contributed by atoms with E-state index in [-0.39, 0.29) is 37.0 Å². The molecule has 2 N–H and O–H groups in total. The van der Waals surface area contributed by atoms with Gasteiger partial charge in [0, 0.05) is 24.3 Å². The number of aryl methyl sites for hydroxylation is 1. The summed E-state index contributed by atoms with van der Waals surface area (Å²) >= 11 is 0. The molecule has 2 amide bonds. The number of carbonyl (C=O) groups excluding carboxylic acids is 2.